The third-order valence-electron chi connectivity index (χ3n) is 1.11. The fourth-order valence-electron chi connectivity index (χ4n) is 0.642. The van der Waals surface area contributed by atoms with Crippen molar-refractivity contribution in [2.75, 3.05) is 28.2 Å². The van der Waals surface area contributed by atoms with Crippen LogP contribution >= 0.6 is 0 Å². The first-order valence-corrected chi connectivity index (χ1v) is 5.12. The maximum absolute atomic E-state index is 3.50. The van der Waals surface area contributed by atoms with Crippen molar-refractivity contribution >= 4 is 0 Å². The molecule has 10 radical (unpaired) electrons. The summed E-state index contributed by atoms with van der Waals surface area (Å²) in [5.74, 6) is 0. The molecule has 0 amide bonds. The Balaban J connectivity index is -0.000000157. The van der Waals surface area contributed by atoms with E-state index in [0.29, 0.717) is 0 Å². The zero-order chi connectivity index (χ0) is 12.5. The molecule has 0 N–H and O–H groups in total. The first-order chi connectivity index (χ1) is 7.83. The molecule has 0 aromatic carbocycles. The quantitative estimate of drug-likeness (QED) is 0.602. The molecule has 0 atom stereocenters. The fraction of sp³-hybridized carbons (Fsp3) is 0.286. The smallest absolute Gasteiger partial charge is 0.668 e. The van der Waals surface area contributed by atoms with Crippen LogP contribution in [0.2, 0.25) is 0 Å². The van der Waals surface area contributed by atoms with E-state index in [4.69, 9.17) is 0 Å². The van der Waals surface area contributed by atoms with Gasteiger partial charge in [-0.2, -0.15) is 28.2 Å². The molecule has 0 bridgehead atoms. The van der Waals surface area contributed by atoms with Crippen LogP contribution < -0.4 is 0 Å². The van der Waals surface area contributed by atoms with Gasteiger partial charge in [0.05, 0.1) is 0 Å². The third kappa shape index (κ3) is 31.5. The second-order valence-electron chi connectivity index (χ2n) is 2.82. The predicted octanol–water partition coefficient (Wildman–Crippen LogP) is 3.28. The van der Waals surface area contributed by atoms with Crippen LogP contribution in [0.1, 0.15) is 0 Å². The van der Waals surface area contributed by atoms with Gasteiger partial charge >= 0.3 is 21.7 Å². The summed E-state index contributed by atoms with van der Waals surface area (Å²) < 4.78 is 0. The van der Waals surface area contributed by atoms with Crippen molar-refractivity contribution in [3.8, 4) is 0 Å². The van der Waals surface area contributed by atoms with Crippen LogP contribution in [-0.4, -0.2) is 28.2 Å². The molecule has 0 spiro atoms. The van der Waals surface area contributed by atoms with E-state index in [1.54, 1.807) is 28.2 Å². The predicted molar refractivity (Wildman–Crippen MR) is 73.4 cm³/mol. The molecule has 2 saturated carbocycles. The molecule has 17 heavy (non-hydrogen) atoms. The molecule has 2 rings (SSSR count). The van der Waals surface area contributed by atoms with E-state index in [1.807, 2.05) is 64.2 Å². The van der Waals surface area contributed by atoms with Gasteiger partial charge in [-0.15, -0.1) is 0 Å². The van der Waals surface area contributed by atoms with Gasteiger partial charge in [0, 0.05) is 0 Å². The summed E-state index contributed by atoms with van der Waals surface area (Å²) in [6.45, 7) is 0. The maximum atomic E-state index is 3.50. The van der Waals surface area contributed by atoms with Gasteiger partial charge < -0.3 is 10.6 Å². The number of hydrogen-bond donors (Lipinski definition) is 0. The van der Waals surface area contributed by atoms with Crippen molar-refractivity contribution in [1.82, 2.24) is 0 Å². The van der Waals surface area contributed by atoms with Gasteiger partial charge in [0.2, 0.25) is 0 Å². The third-order valence-corrected chi connectivity index (χ3v) is 1.11. The Morgan fingerprint density at radius 3 is 0.529 bits per heavy atom. The van der Waals surface area contributed by atoms with E-state index in [9.17, 15) is 0 Å². The van der Waals surface area contributed by atoms with Crippen LogP contribution in [0.15, 0.2) is 0 Å². The van der Waals surface area contributed by atoms with Gasteiger partial charge in [-0.25, -0.2) is 0 Å². The summed E-state index contributed by atoms with van der Waals surface area (Å²) in [4.78, 5) is 0. The second kappa shape index (κ2) is 25.5. The minimum atomic E-state index is 0. The van der Waals surface area contributed by atoms with Crippen molar-refractivity contribution in [2.24, 2.45) is 0 Å². The van der Waals surface area contributed by atoms with E-state index in [2.05, 4.69) is 10.6 Å². The molecule has 0 aromatic rings. The minimum Gasteiger partial charge on any atom is -0.668 e. The molecule has 0 aromatic heterocycles. The molecule has 2 aliphatic carbocycles. The van der Waals surface area contributed by atoms with Gasteiger partial charge in [-0.1, -0.05) is 0 Å². The summed E-state index contributed by atoms with van der Waals surface area (Å²) in [7, 11) is 7.00. The van der Waals surface area contributed by atoms with Gasteiger partial charge in [-0.05, 0) is 64.2 Å². The molecule has 90 valence electrons. The Hall–Kier alpha value is 0.634. The summed E-state index contributed by atoms with van der Waals surface area (Å²) in [6, 6.07) is 0. The molecule has 2 nitrogen and oxygen atoms in total. The van der Waals surface area contributed by atoms with E-state index < -0.39 is 0 Å². The largest absolute Gasteiger partial charge is 4.00 e. The molecule has 2 fully saturated rings. The van der Waals surface area contributed by atoms with Crippen LogP contribution in [0.4, 0.5) is 0 Å². The molecule has 3 heteroatoms. The Labute approximate surface area is 125 Å². The summed E-state index contributed by atoms with van der Waals surface area (Å²) >= 11 is 0. The minimum absolute atomic E-state index is 0. The molecular weight excluding hydrogens is 244 g/mol. The molecule has 0 saturated heterocycles. The van der Waals surface area contributed by atoms with Crippen LogP contribution in [0, 0.1) is 64.2 Å². The number of nitrogens with zero attached hydrogens (tertiary/aromatic N) is 2. The number of rotatable bonds is 0. The van der Waals surface area contributed by atoms with E-state index in [0.717, 1.165) is 0 Å². The van der Waals surface area contributed by atoms with Crippen LogP contribution in [0.3, 0.4) is 0 Å². The van der Waals surface area contributed by atoms with Crippen molar-refractivity contribution in [3.05, 3.63) is 74.8 Å². The van der Waals surface area contributed by atoms with Crippen molar-refractivity contribution < 1.29 is 21.7 Å². The van der Waals surface area contributed by atoms with Gasteiger partial charge in [0.15, 0.2) is 0 Å². The van der Waals surface area contributed by atoms with E-state index in [-0.39, 0.29) is 21.7 Å². The fourth-order valence-corrected chi connectivity index (χ4v) is 0.642. The molecule has 0 aliphatic heterocycles. The zero-order valence-corrected chi connectivity index (χ0v) is 12.7. The molecule has 0 unspecified atom stereocenters. The first-order valence-electron chi connectivity index (χ1n) is 5.12. The Kier molecular flexibility index (Phi) is 34.1. The monoisotopic (exact) mass is 266 g/mol. The Bertz CT molecular complexity index is 65.0. The van der Waals surface area contributed by atoms with Gasteiger partial charge in [-0.3, -0.25) is 0 Å². The average Bonchev–Trinajstić information content (AvgIpc) is 3.00. The van der Waals surface area contributed by atoms with Crippen LogP contribution in [0.5, 0.6) is 0 Å². The Morgan fingerprint density at radius 2 is 0.471 bits per heavy atom. The van der Waals surface area contributed by atoms with Gasteiger partial charge in [0.25, 0.3) is 0 Å². The van der Waals surface area contributed by atoms with Crippen molar-refractivity contribution in [2.45, 2.75) is 0 Å². The maximum Gasteiger partial charge on any atom is 4.00 e. The number of hydrogen-bond acceptors (Lipinski definition) is 0. The average molecular weight is 266 g/mol. The SMILES string of the molecule is C[N-]C.C[N-]C.[CH]1[CH][CH][CH][CH]1.[CH]1[CH][CH][CH][CH]1.[Ti+4]. The van der Waals surface area contributed by atoms with E-state index in [1.165, 1.54) is 0 Å². The second-order valence-corrected chi connectivity index (χ2v) is 2.82. The van der Waals surface area contributed by atoms with Crippen LogP contribution in [0.25, 0.3) is 10.6 Å². The Morgan fingerprint density at radius 1 is 0.412 bits per heavy atom. The van der Waals surface area contributed by atoms with Crippen molar-refractivity contribution in [1.29, 1.82) is 0 Å². The summed E-state index contributed by atoms with van der Waals surface area (Å²) in [5.41, 5.74) is 0. The topological polar surface area (TPSA) is 28.2 Å². The normalized spacial score (nSPS) is 16.2. The summed E-state index contributed by atoms with van der Waals surface area (Å²) in [6.07, 6.45) is 20.0. The van der Waals surface area contributed by atoms with Crippen LogP contribution in [-0.2, 0) is 21.7 Å². The summed E-state index contributed by atoms with van der Waals surface area (Å²) in [5, 5.41) is 7.00. The molecule has 2 aliphatic rings. The standard InChI is InChI=1S/2C5H5.2C2H6N.Ti/c2*1-2-4-5-3-1;2*1-3-2;/h2*1-5H;2*1-2H3;/q;;2*-1;+4. The van der Waals surface area contributed by atoms with Gasteiger partial charge in [0.1, 0.15) is 0 Å². The first kappa shape index (κ1) is 22.8. The van der Waals surface area contributed by atoms with Crippen molar-refractivity contribution in [3.63, 3.8) is 0 Å². The zero-order valence-electron chi connectivity index (χ0n) is 11.2. The molecular formula is C14H22N2Ti+2. The van der Waals surface area contributed by atoms with E-state index >= 15 is 0 Å². The molecule has 0 heterocycles.